The third-order valence-electron chi connectivity index (χ3n) is 3.13. The Bertz CT molecular complexity index is 228. The molecular weight excluding hydrogens is 212 g/mol. The number of unbranched alkanes of at least 4 members (excludes halogenated alkanes) is 4. The average molecular weight is 240 g/mol. The van der Waals surface area contributed by atoms with Crippen LogP contribution in [-0.2, 0) is 4.79 Å². The molecule has 0 unspecified atom stereocenters. The summed E-state index contributed by atoms with van der Waals surface area (Å²) in [7, 11) is 1.70. The van der Waals surface area contributed by atoms with Crippen LogP contribution >= 0.6 is 0 Å². The van der Waals surface area contributed by atoms with E-state index in [0.717, 1.165) is 25.8 Å². The van der Waals surface area contributed by atoms with Gasteiger partial charge in [0.05, 0.1) is 5.54 Å². The second kappa shape index (κ2) is 9.23. The lowest BCUT2D eigenvalue weighted by Crippen LogP contribution is -2.53. The van der Waals surface area contributed by atoms with Crippen molar-refractivity contribution in [2.45, 2.75) is 57.9 Å². The van der Waals surface area contributed by atoms with Gasteiger partial charge in [0, 0.05) is 7.05 Å². The molecule has 0 rings (SSSR count). The molecule has 0 saturated carbocycles. The molecule has 1 amide bonds. The van der Waals surface area contributed by atoms with Gasteiger partial charge in [-0.25, -0.2) is 0 Å². The molecule has 17 heavy (non-hydrogen) atoms. The highest BCUT2D eigenvalue weighted by Crippen LogP contribution is 2.16. The summed E-state index contributed by atoms with van der Waals surface area (Å²) >= 11 is 0. The zero-order valence-corrected chi connectivity index (χ0v) is 11.6. The fraction of sp³-hybridized carbons (Fsp3) is 0.786. The summed E-state index contributed by atoms with van der Waals surface area (Å²) in [4.78, 5) is 11.8. The van der Waals surface area contributed by atoms with Crippen LogP contribution in [0.2, 0.25) is 0 Å². The largest absolute Gasteiger partial charge is 0.358 e. The van der Waals surface area contributed by atoms with Gasteiger partial charge in [-0.05, 0) is 32.7 Å². The third kappa shape index (κ3) is 6.47. The van der Waals surface area contributed by atoms with Gasteiger partial charge in [0.15, 0.2) is 0 Å². The van der Waals surface area contributed by atoms with Crippen LogP contribution in [0, 0.1) is 0 Å². The van der Waals surface area contributed by atoms with Crippen molar-refractivity contribution in [2.75, 3.05) is 13.6 Å². The van der Waals surface area contributed by atoms with E-state index in [9.17, 15) is 4.79 Å². The molecule has 3 nitrogen and oxygen atoms in total. The van der Waals surface area contributed by atoms with Crippen LogP contribution < -0.4 is 10.6 Å². The van der Waals surface area contributed by atoms with Crippen molar-refractivity contribution in [3.63, 3.8) is 0 Å². The Kier molecular flexibility index (Phi) is 8.78. The second-order valence-electron chi connectivity index (χ2n) is 4.68. The van der Waals surface area contributed by atoms with E-state index in [1.807, 2.05) is 19.9 Å². The number of likely N-dealkylation sites (N-methyl/N-ethyl adjacent to an activating group) is 2. The van der Waals surface area contributed by atoms with Gasteiger partial charge in [-0.2, -0.15) is 0 Å². The maximum absolute atomic E-state index is 11.8. The minimum Gasteiger partial charge on any atom is -0.358 e. The molecule has 2 N–H and O–H groups in total. The number of hydrogen-bond acceptors (Lipinski definition) is 2. The van der Waals surface area contributed by atoms with Crippen molar-refractivity contribution in [1.29, 1.82) is 0 Å². The molecule has 1 atom stereocenters. The van der Waals surface area contributed by atoms with Crippen LogP contribution in [0.15, 0.2) is 12.7 Å². The van der Waals surface area contributed by atoms with Gasteiger partial charge in [0.25, 0.3) is 0 Å². The highest BCUT2D eigenvalue weighted by molar-refractivity contribution is 5.85. The molecule has 0 radical (unpaired) electrons. The zero-order valence-electron chi connectivity index (χ0n) is 11.6. The van der Waals surface area contributed by atoms with E-state index >= 15 is 0 Å². The number of allylic oxidation sites excluding steroid dienone is 1. The number of amides is 1. The maximum Gasteiger partial charge on any atom is 0.239 e. The summed E-state index contributed by atoms with van der Waals surface area (Å²) < 4.78 is 0. The van der Waals surface area contributed by atoms with Crippen LogP contribution in [0.4, 0.5) is 0 Å². The first-order valence-corrected chi connectivity index (χ1v) is 6.68. The van der Waals surface area contributed by atoms with Crippen LogP contribution in [0.5, 0.6) is 0 Å². The Hall–Kier alpha value is -0.830. The Balaban J connectivity index is 3.92. The Morgan fingerprint density at radius 3 is 2.47 bits per heavy atom. The van der Waals surface area contributed by atoms with Gasteiger partial charge in [0.1, 0.15) is 0 Å². The quantitative estimate of drug-likeness (QED) is 0.455. The number of nitrogens with one attached hydrogen (secondary N) is 2. The topological polar surface area (TPSA) is 41.1 Å². The molecule has 0 aromatic carbocycles. The van der Waals surface area contributed by atoms with Gasteiger partial charge in [-0.1, -0.05) is 32.3 Å². The first-order valence-electron chi connectivity index (χ1n) is 6.68. The molecule has 0 aliphatic carbocycles. The van der Waals surface area contributed by atoms with E-state index in [1.54, 1.807) is 7.05 Å². The first kappa shape index (κ1) is 16.2. The zero-order chi connectivity index (χ0) is 13.1. The number of hydrogen-bond donors (Lipinski definition) is 2. The van der Waals surface area contributed by atoms with E-state index in [0.29, 0.717) is 0 Å². The van der Waals surface area contributed by atoms with Crippen LogP contribution in [0.1, 0.15) is 52.4 Å². The monoisotopic (exact) mass is 240 g/mol. The predicted octanol–water partition coefficient (Wildman–Crippen LogP) is 2.63. The van der Waals surface area contributed by atoms with Crippen LogP contribution in [0.3, 0.4) is 0 Å². The van der Waals surface area contributed by atoms with Crippen molar-refractivity contribution in [3.05, 3.63) is 12.7 Å². The Morgan fingerprint density at radius 2 is 1.94 bits per heavy atom. The minimum absolute atomic E-state index is 0.0884. The SMILES string of the molecule is C=CCCCCCC[C@@](C)(NCC)C(=O)NC. The average Bonchev–Trinajstić information content (AvgIpc) is 2.33. The highest BCUT2D eigenvalue weighted by atomic mass is 16.2. The molecule has 0 bridgehead atoms. The molecular formula is C14H28N2O. The van der Waals surface area contributed by atoms with Crippen molar-refractivity contribution in [2.24, 2.45) is 0 Å². The van der Waals surface area contributed by atoms with Gasteiger partial charge in [0.2, 0.25) is 5.91 Å². The van der Waals surface area contributed by atoms with Crippen LogP contribution in [0.25, 0.3) is 0 Å². The molecule has 3 heteroatoms. The van der Waals surface area contributed by atoms with E-state index in [1.165, 1.54) is 19.3 Å². The van der Waals surface area contributed by atoms with Gasteiger partial charge >= 0.3 is 0 Å². The molecule has 0 aliphatic heterocycles. The predicted molar refractivity (Wildman–Crippen MR) is 74.0 cm³/mol. The Labute approximate surface area is 106 Å². The molecule has 100 valence electrons. The first-order chi connectivity index (χ1) is 8.10. The fourth-order valence-corrected chi connectivity index (χ4v) is 2.07. The van der Waals surface area contributed by atoms with Crippen molar-refractivity contribution in [3.8, 4) is 0 Å². The molecule has 0 aliphatic rings. The standard InChI is InChI=1S/C14H28N2O/c1-5-7-8-9-10-11-12-14(3,16-6-2)13(17)15-4/h5,16H,1,6-12H2,2-4H3,(H,15,17)/t14-/m1/s1. The van der Waals surface area contributed by atoms with Gasteiger partial charge in [-0.15, -0.1) is 6.58 Å². The highest BCUT2D eigenvalue weighted by Gasteiger charge is 2.30. The van der Waals surface area contributed by atoms with E-state index in [-0.39, 0.29) is 5.91 Å². The summed E-state index contributed by atoms with van der Waals surface area (Å²) in [5.41, 5.74) is -0.415. The van der Waals surface area contributed by atoms with Gasteiger partial charge in [-0.3, -0.25) is 4.79 Å². The molecule has 0 aromatic rings. The lowest BCUT2D eigenvalue weighted by Gasteiger charge is -2.28. The maximum atomic E-state index is 11.8. The fourth-order valence-electron chi connectivity index (χ4n) is 2.07. The molecule has 0 aromatic heterocycles. The van der Waals surface area contributed by atoms with E-state index in [2.05, 4.69) is 17.2 Å². The summed E-state index contributed by atoms with van der Waals surface area (Å²) in [5, 5.41) is 6.02. The molecule has 0 saturated heterocycles. The second-order valence-corrected chi connectivity index (χ2v) is 4.68. The summed E-state index contributed by atoms with van der Waals surface area (Å²) in [5.74, 6) is 0.0884. The normalized spacial score (nSPS) is 14.1. The van der Waals surface area contributed by atoms with Crippen molar-refractivity contribution in [1.82, 2.24) is 10.6 Å². The summed E-state index contributed by atoms with van der Waals surface area (Å²) in [6.07, 6.45) is 8.67. The number of carbonyl (C=O) groups excluding carboxylic acids is 1. The number of carbonyl (C=O) groups is 1. The lowest BCUT2D eigenvalue weighted by molar-refractivity contribution is -0.126. The summed E-state index contributed by atoms with van der Waals surface area (Å²) in [6.45, 7) is 8.55. The number of rotatable bonds is 10. The lowest BCUT2D eigenvalue weighted by atomic mass is 9.92. The Morgan fingerprint density at radius 1 is 1.29 bits per heavy atom. The minimum atomic E-state index is -0.415. The van der Waals surface area contributed by atoms with E-state index < -0.39 is 5.54 Å². The third-order valence-corrected chi connectivity index (χ3v) is 3.13. The van der Waals surface area contributed by atoms with Crippen molar-refractivity contribution >= 4 is 5.91 Å². The van der Waals surface area contributed by atoms with Crippen molar-refractivity contribution < 1.29 is 4.79 Å². The smallest absolute Gasteiger partial charge is 0.239 e. The molecule has 0 heterocycles. The van der Waals surface area contributed by atoms with E-state index in [4.69, 9.17) is 0 Å². The molecule has 0 spiro atoms. The van der Waals surface area contributed by atoms with Gasteiger partial charge < -0.3 is 10.6 Å². The molecule has 0 fully saturated rings. The summed E-state index contributed by atoms with van der Waals surface area (Å²) in [6, 6.07) is 0. The van der Waals surface area contributed by atoms with Crippen LogP contribution in [-0.4, -0.2) is 25.0 Å².